The van der Waals surface area contributed by atoms with Crippen molar-refractivity contribution >= 4 is 11.3 Å². The Hall–Kier alpha value is -0.420. The van der Waals surface area contributed by atoms with Crippen LogP contribution in [-0.4, -0.2) is 49.6 Å². The van der Waals surface area contributed by atoms with Gasteiger partial charge in [-0.3, -0.25) is 4.90 Å². The monoisotopic (exact) mass is 281 g/mol. The average Bonchev–Trinajstić information content (AvgIpc) is 3.01. The minimum absolute atomic E-state index is 0.374. The molecule has 2 unspecified atom stereocenters. The summed E-state index contributed by atoms with van der Waals surface area (Å²) in [7, 11) is 4.46. The van der Waals surface area contributed by atoms with Gasteiger partial charge in [0.05, 0.1) is 6.04 Å². The molecule has 1 aliphatic rings. The Kier molecular flexibility index (Phi) is 5.39. The van der Waals surface area contributed by atoms with Gasteiger partial charge in [0, 0.05) is 28.9 Å². The molecule has 0 saturated carbocycles. The first-order valence-corrected chi connectivity index (χ1v) is 8.16. The minimum atomic E-state index is 0.374. The van der Waals surface area contributed by atoms with Gasteiger partial charge in [-0.2, -0.15) is 0 Å². The van der Waals surface area contributed by atoms with E-state index in [1.165, 1.54) is 29.1 Å². The number of hydrogen-bond donors (Lipinski definition) is 1. The molecule has 1 aromatic rings. The van der Waals surface area contributed by atoms with E-state index in [1.54, 1.807) is 0 Å². The van der Waals surface area contributed by atoms with E-state index >= 15 is 0 Å². The lowest BCUT2D eigenvalue weighted by Gasteiger charge is -2.31. The van der Waals surface area contributed by atoms with Gasteiger partial charge in [-0.05, 0) is 52.0 Å². The molecule has 19 heavy (non-hydrogen) atoms. The second-order valence-electron chi connectivity index (χ2n) is 5.63. The molecular formula is C15H27N3S. The molecule has 1 fully saturated rings. The van der Waals surface area contributed by atoms with E-state index in [0.717, 1.165) is 13.0 Å². The summed E-state index contributed by atoms with van der Waals surface area (Å²) in [6.07, 6.45) is 3.78. The van der Waals surface area contributed by atoms with Crippen LogP contribution in [0.3, 0.4) is 0 Å². The largest absolute Gasteiger partial charge is 0.329 e. The number of thiophene rings is 1. The molecule has 2 atom stereocenters. The van der Waals surface area contributed by atoms with E-state index in [9.17, 15) is 0 Å². The summed E-state index contributed by atoms with van der Waals surface area (Å²) in [6, 6.07) is 5.58. The van der Waals surface area contributed by atoms with E-state index in [4.69, 9.17) is 5.73 Å². The maximum Gasteiger partial charge on any atom is 0.0562 e. The van der Waals surface area contributed by atoms with E-state index in [0.29, 0.717) is 18.6 Å². The molecule has 2 rings (SSSR count). The standard InChI is InChI=1S/C15H27N3S/c1-4-13-7-8-15(19-13)14(10-16)18(3)11-12-6-5-9-17(12)2/h7-8,12,14H,4-6,9-11,16H2,1-3H3. The maximum absolute atomic E-state index is 6.02. The topological polar surface area (TPSA) is 32.5 Å². The number of likely N-dealkylation sites (N-methyl/N-ethyl adjacent to an activating group) is 2. The van der Waals surface area contributed by atoms with Crippen LogP contribution in [0.5, 0.6) is 0 Å². The van der Waals surface area contributed by atoms with Gasteiger partial charge in [0.2, 0.25) is 0 Å². The Bertz CT molecular complexity index is 390. The van der Waals surface area contributed by atoms with Crippen molar-refractivity contribution in [3.63, 3.8) is 0 Å². The molecule has 0 spiro atoms. The number of nitrogens with two attached hydrogens (primary N) is 1. The Morgan fingerprint density at radius 1 is 1.53 bits per heavy atom. The lowest BCUT2D eigenvalue weighted by Crippen LogP contribution is -2.40. The second kappa shape index (κ2) is 6.84. The predicted octanol–water partition coefficient (Wildman–Crippen LogP) is 2.34. The molecule has 0 amide bonds. The van der Waals surface area contributed by atoms with Crippen LogP contribution >= 0.6 is 11.3 Å². The summed E-state index contributed by atoms with van der Waals surface area (Å²) in [5.74, 6) is 0. The maximum atomic E-state index is 6.02. The first-order valence-electron chi connectivity index (χ1n) is 7.34. The molecule has 4 heteroatoms. The Balaban J connectivity index is 1.99. The van der Waals surface area contributed by atoms with Crippen molar-refractivity contribution in [1.82, 2.24) is 9.80 Å². The summed E-state index contributed by atoms with van der Waals surface area (Å²) < 4.78 is 0. The summed E-state index contributed by atoms with van der Waals surface area (Å²) in [4.78, 5) is 7.80. The lowest BCUT2D eigenvalue weighted by molar-refractivity contribution is 0.181. The molecule has 0 aliphatic carbocycles. The average molecular weight is 281 g/mol. The number of nitrogens with zero attached hydrogens (tertiary/aromatic N) is 2. The van der Waals surface area contributed by atoms with E-state index in [-0.39, 0.29) is 0 Å². The van der Waals surface area contributed by atoms with Crippen molar-refractivity contribution < 1.29 is 0 Å². The SMILES string of the molecule is CCc1ccc(C(CN)N(C)CC2CCCN2C)s1. The minimum Gasteiger partial charge on any atom is -0.329 e. The zero-order valence-electron chi connectivity index (χ0n) is 12.4. The highest BCUT2D eigenvalue weighted by molar-refractivity contribution is 7.12. The molecule has 0 bridgehead atoms. The normalized spacial score (nSPS) is 22.3. The third kappa shape index (κ3) is 3.57. The summed E-state index contributed by atoms with van der Waals surface area (Å²) in [5, 5.41) is 0. The van der Waals surface area contributed by atoms with Gasteiger partial charge in [0.15, 0.2) is 0 Å². The van der Waals surface area contributed by atoms with Crippen molar-refractivity contribution in [3.05, 3.63) is 21.9 Å². The van der Waals surface area contributed by atoms with Crippen molar-refractivity contribution in [2.75, 3.05) is 33.7 Å². The summed E-state index contributed by atoms with van der Waals surface area (Å²) >= 11 is 1.92. The number of likely N-dealkylation sites (tertiary alicyclic amines) is 1. The first-order chi connectivity index (χ1) is 9.15. The third-order valence-corrected chi connectivity index (χ3v) is 5.62. The predicted molar refractivity (Wildman–Crippen MR) is 83.8 cm³/mol. The molecule has 1 saturated heterocycles. The highest BCUT2D eigenvalue weighted by Gasteiger charge is 2.25. The quantitative estimate of drug-likeness (QED) is 0.868. The fourth-order valence-electron chi connectivity index (χ4n) is 2.95. The Morgan fingerprint density at radius 3 is 2.84 bits per heavy atom. The summed E-state index contributed by atoms with van der Waals surface area (Å²) in [6.45, 7) is 5.28. The van der Waals surface area contributed by atoms with Crippen LogP contribution in [0.15, 0.2) is 12.1 Å². The number of rotatable bonds is 6. The molecule has 2 heterocycles. The Morgan fingerprint density at radius 2 is 2.32 bits per heavy atom. The van der Waals surface area contributed by atoms with E-state index in [2.05, 4.69) is 43.0 Å². The number of aryl methyl sites for hydroxylation is 1. The highest BCUT2D eigenvalue weighted by atomic mass is 32.1. The lowest BCUT2D eigenvalue weighted by atomic mass is 10.1. The molecule has 1 aromatic heterocycles. The van der Waals surface area contributed by atoms with Gasteiger partial charge in [-0.25, -0.2) is 0 Å². The fraction of sp³-hybridized carbons (Fsp3) is 0.733. The zero-order chi connectivity index (χ0) is 13.8. The fourth-order valence-corrected chi connectivity index (χ4v) is 4.08. The van der Waals surface area contributed by atoms with E-state index < -0.39 is 0 Å². The molecule has 2 N–H and O–H groups in total. The summed E-state index contributed by atoms with van der Waals surface area (Å²) in [5.41, 5.74) is 6.02. The van der Waals surface area contributed by atoms with Crippen molar-refractivity contribution in [1.29, 1.82) is 0 Å². The molecule has 0 radical (unpaired) electrons. The highest BCUT2D eigenvalue weighted by Crippen LogP contribution is 2.28. The van der Waals surface area contributed by atoms with Crippen LogP contribution in [0.1, 0.15) is 35.6 Å². The zero-order valence-corrected chi connectivity index (χ0v) is 13.2. The van der Waals surface area contributed by atoms with E-state index in [1.807, 2.05) is 11.3 Å². The van der Waals surface area contributed by atoms with Crippen molar-refractivity contribution in [2.24, 2.45) is 5.73 Å². The molecule has 108 valence electrons. The molecule has 0 aromatic carbocycles. The van der Waals surface area contributed by atoms with Gasteiger partial charge >= 0.3 is 0 Å². The Labute approximate surface area is 121 Å². The first kappa shape index (κ1) is 15.0. The van der Waals surface area contributed by atoms with Crippen LogP contribution in [0.2, 0.25) is 0 Å². The van der Waals surface area contributed by atoms with Gasteiger partial charge < -0.3 is 10.6 Å². The van der Waals surface area contributed by atoms with Crippen LogP contribution in [0.25, 0.3) is 0 Å². The van der Waals surface area contributed by atoms with Crippen LogP contribution < -0.4 is 5.73 Å². The molecule has 3 nitrogen and oxygen atoms in total. The van der Waals surface area contributed by atoms with Crippen molar-refractivity contribution in [2.45, 2.75) is 38.3 Å². The molecular weight excluding hydrogens is 254 g/mol. The van der Waals surface area contributed by atoms with Crippen LogP contribution in [0, 0.1) is 0 Å². The van der Waals surface area contributed by atoms with Crippen LogP contribution in [0.4, 0.5) is 0 Å². The smallest absolute Gasteiger partial charge is 0.0562 e. The van der Waals surface area contributed by atoms with Gasteiger partial charge in [-0.1, -0.05) is 6.92 Å². The molecule has 1 aliphatic heterocycles. The van der Waals surface area contributed by atoms with Gasteiger partial charge in [0.1, 0.15) is 0 Å². The van der Waals surface area contributed by atoms with Crippen LogP contribution in [-0.2, 0) is 6.42 Å². The van der Waals surface area contributed by atoms with Crippen molar-refractivity contribution in [3.8, 4) is 0 Å². The van der Waals surface area contributed by atoms with Gasteiger partial charge in [-0.15, -0.1) is 11.3 Å². The number of hydrogen-bond acceptors (Lipinski definition) is 4. The van der Waals surface area contributed by atoms with Gasteiger partial charge in [0.25, 0.3) is 0 Å². The third-order valence-electron chi connectivity index (χ3n) is 4.28. The second-order valence-corrected chi connectivity index (χ2v) is 6.83.